The van der Waals surface area contributed by atoms with Crippen LogP contribution in [0.15, 0.2) is 41.1 Å². The highest BCUT2D eigenvalue weighted by atomic mass is 16.5. The van der Waals surface area contributed by atoms with E-state index in [1.165, 1.54) is 6.26 Å². The smallest absolute Gasteiger partial charge is 0.168 e. The van der Waals surface area contributed by atoms with E-state index in [0.29, 0.717) is 17.7 Å². The molecule has 3 heteroatoms. The second-order valence-electron chi connectivity index (χ2n) is 3.22. The van der Waals surface area contributed by atoms with Gasteiger partial charge >= 0.3 is 0 Å². The van der Waals surface area contributed by atoms with Gasteiger partial charge in [0.25, 0.3) is 0 Å². The molecule has 1 heterocycles. The highest BCUT2D eigenvalue weighted by Crippen LogP contribution is 2.22. The van der Waals surface area contributed by atoms with Gasteiger partial charge in [-0.2, -0.15) is 0 Å². The van der Waals surface area contributed by atoms with Crippen LogP contribution in [0.3, 0.4) is 0 Å². The lowest BCUT2D eigenvalue weighted by atomic mass is 10.0. The molecular weight excluding hydrogens is 190 g/mol. The van der Waals surface area contributed by atoms with E-state index in [4.69, 9.17) is 4.52 Å². The Balaban J connectivity index is 2.46. The summed E-state index contributed by atoms with van der Waals surface area (Å²) in [6, 6.07) is 9.55. The van der Waals surface area contributed by atoms with Gasteiger partial charge in [-0.15, -0.1) is 0 Å². The summed E-state index contributed by atoms with van der Waals surface area (Å²) in [4.78, 5) is 11.6. The molecule has 1 aromatic carbocycles. The standard InChI is InChI=1S/C12H11NO2/c1-2-11(14)10-8-15-13-12(10)9-6-4-3-5-7-9/h3-8H,2H2,1H3. The second-order valence-corrected chi connectivity index (χ2v) is 3.22. The molecule has 2 rings (SSSR count). The lowest BCUT2D eigenvalue weighted by Crippen LogP contribution is -1.96. The number of carbonyl (C=O) groups excluding carboxylic acids is 1. The Bertz CT molecular complexity index is 459. The normalized spacial score (nSPS) is 10.2. The minimum absolute atomic E-state index is 0.0510. The number of hydrogen-bond donors (Lipinski definition) is 0. The Labute approximate surface area is 87.7 Å². The van der Waals surface area contributed by atoms with E-state index in [1.807, 2.05) is 37.3 Å². The predicted molar refractivity (Wildman–Crippen MR) is 56.6 cm³/mol. The van der Waals surface area contributed by atoms with Gasteiger partial charge in [0.1, 0.15) is 12.0 Å². The van der Waals surface area contributed by atoms with Gasteiger partial charge < -0.3 is 4.52 Å². The molecule has 0 aliphatic carbocycles. The van der Waals surface area contributed by atoms with Gasteiger partial charge in [-0.05, 0) is 0 Å². The van der Waals surface area contributed by atoms with Crippen molar-refractivity contribution in [2.24, 2.45) is 0 Å². The fourth-order valence-corrected chi connectivity index (χ4v) is 1.43. The van der Waals surface area contributed by atoms with E-state index in [-0.39, 0.29) is 5.78 Å². The zero-order chi connectivity index (χ0) is 10.7. The van der Waals surface area contributed by atoms with Crippen molar-refractivity contribution in [3.8, 4) is 11.3 Å². The van der Waals surface area contributed by atoms with E-state index in [9.17, 15) is 4.79 Å². The first-order chi connectivity index (χ1) is 7.33. The van der Waals surface area contributed by atoms with Crippen molar-refractivity contribution < 1.29 is 9.32 Å². The summed E-state index contributed by atoms with van der Waals surface area (Å²) in [6.07, 6.45) is 1.87. The van der Waals surface area contributed by atoms with Crippen LogP contribution in [0.1, 0.15) is 23.7 Å². The third-order valence-electron chi connectivity index (χ3n) is 2.24. The Morgan fingerprint density at radius 1 is 1.33 bits per heavy atom. The summed E-state index contributed by atoms with van der Waals surface area (Å²) in [5, 5.41) is 3.86. The highest BCUT2D eigenvalue weighted by molar-refractivity contribution is 6.00. The second kappa shape index (κ2) is 4.09. The van der Waals surface area contributed by atoms with Crippen LogP contribution in [0.2, 0.25) is 0 Å². The van der Waals surface area contributed by atoms with Crippen LogP contribution in [0.25, 0.3) is 11.3 Å². The Hall–Kier alpha value is -1.90. The molecule has 0 N–H and O–H groups in total. The molecule has 0 spiro atoms. The quantitative estimate of drug-likeness (QED) is 0.717. The summed E-state index contributed by atoms with van der Waals surface area (Å²) >= 11 is 0. The number of aromatic nitrogens is 1. The third-order valence-corrected chi connectivity index (χ3v) is 2.24. The van der Waals surface area contributed by atoms with Crippen LogP contribution >= 0.6 is 0 Å². The summed E-state index contributed by atoms with van der Waals surface area (Å²) < 4.78 is 4.85. The van der Waals surface area contributed by atoms with Crippen LogP contribution in [0.4, 0.5) is 0 Å². The van der Waals surface area contributed by atoms with Crippen LogP contribution in [-0.2, 0) is 0 Å². The van der Waals surface area contributed by atoms with Gasteiger partial charge in [0.2, 0.25) is 0 Å². The first-order valence-electron chi connectivity index (χ1n) is 4.86. The fourth-order valence-electron chi connectivity index (χ4n) is 1.43. The summed E-state index contributed by atoms with van der Waals surface area (Å²) in [5.74, 6) is 0.0510. The summed E-state index contributed by atoms with van der Waals surface area (Å²) in [7, 11) is 0. The zero-order valence-electron chi connectivity index (χ0n) is 8.43. The van der Waals surface area contributed by atoms with Crippen LogP contribution < -0.4 is 0 Å². The van der Waals surface area contributed by atoms with Gasteiger partial charge in [0.15, 0.2) is 5.78 Å². The predicted octanol–water partition coefficient (Wildman–Crippen LogP) is 2.93. The first-order valence-corrected chi connectivity index (χ1v) is 4.86. The zero-order valence-corrected chi connectivity index (χ0v) is 8.43. The molecule has 0 saturated heterocycles. The van der Waals surface area contributed by atoms with E-state index in [1.54, 1.807) is 0 Å². The van der Waals surface area contributed by atoms with Crippen molar-refractivity contribution in [3.05, 3.63) is 42.2 Å². The molecule has 0 bridgehead atoms. The van der Waals surface area contributed by atoms with Crippen LogP contribution in [-0.4, -0.2) is 10.9 Å². The molecule has 0 aliphatic rings. The Morgan fingerprint density at radius 3 is 2.73 bits per heavy atom. The molecule has 0 amide bonds. The molecule has 0 aliphatic heterocycles. The van der Waals surface area contributed by atoms with Crippen LogP contribution in [0.5, 0.6) is 0 Å². The Kier molecular flexibility index (Phi) is 2.63. The molecule has 2 aromatic rings. The molecule has 0 fully saturated rings. The van der Waals surface area contributed by atoms with Crippen molar-refractivity contribution in [3.63, 3.8) is 0 Å². The van der Waals surface area contributed by atoms with Gasteiger partial charge in [-0.25, -0.2) is 0 Å². The van der Waals surface area contributed by atoms with Crippen molar-refractivity contribution in [1.82, 2.24) is 5.16 Å². The Morgan fingerprint density at radius 2 is 2.07 bits per heavy atom. The molecule has 1 aromatic heterocycles. The number of Topliss-reactive ketones (excluding diaryl/α,β-unsaturated/α-hetero) is 1. The van der Waals surface area contributed by atoms with Crippen molar-refractivity contribution >= 4 is 5.78 Å². The maximum Gasteiger partial charge on any atom is 0.168 e. The molecule has 0 radical (unpaired) electrons. The summed E-state index contributed by atoms with van der Waals surface area (Å²) in [6.45, 7) is 1.82. The largest absolute Gasteiger partial charge is 0.363 e. The molecule has 76 valence electrons. The van der Waals surface area contributed by atoms with E-state index in [0.717, 1.165) is 5.56 Å². The lowest BCUT2D eigenvalue weighted by Gasteiger charge is -1.97. The number of ketones is 1. The van der Waals surface area contributed by atoms with Gasteiger partial charge in [0, 0.05) is 12.0 Å². The molecule has 0 saturated carbocycles. The lowest BCUT2D eigenvalue weighted by molar-refractivity contribution is 0.0988. The average Bonchev–Trinajstić information content (AvgIpc) is 2.78. The average molecular weight is 201 g/mol. The SMILES string of the molecule is CCC(=O)c1conc1-c1ccccc1. The summed E-state index contributed by atoms with van der Waals surface area (Å²) in [5.41, 5.74) is 2.09. The number of hydrogen-bond acceptors (Lipinski definition) is 3. The molecule has 0 atom stereocenters. The molecule has 15 heavy (non-hydrogen) atoms. The fraction of sp³-hybridized carbons (Fsp3) is 0.167. The third kappa shape index (κ3) is 1.81. The van der Waals surface area contributed by atoms with Crippen molar-refractivity contribution in [1.29, 1.82) is 0 Å². The topological polar surface area (TPSA) is 43.1 Å². The maximum absolute atomic E-state index is 11.6. The van der Waals surface area contributed by atoms with Crippen molar-refractivity contribution in [2.45, 2.75) is 13.3 Å². The monoisotopic (exact) mass is 201 g/mol. The number of carbonyl (C=O) groups is 1. The van der Waals surface area contributed by atoms with E-state index in [2.05, 4.69) is 5.16 Å². The van der Waals surface area contributed by atoms with Gasteiger partial charge in [-0.3, -0.25) is 4.79 Å². The highest BCUT2D eigenvalue weighted by Gasteiger charge is 2.15. The number of nitrogens with zero attached hydrogens (tertiary/aromatic N) is 1. The number of rotatable bonds is 3. The maximum atomic E-state index is 11.6. The minimum atomic E-state index is 0.0510. The molecule has 3 nitrogen and oxygen atoms in total. The van der Waals surface area contributed by atoms with Crippen LogP contribution in [0, 0.1) is 0 Å². The van der Waals surface area contributed by atoms with Gasteiger partial charge in [0.05, 0.1) is 5.56 Å². The van der Waals surface area contributed by atoms with Crippen molar-refractivity contribution in [2.75, 3.05) is 0 Å². The molecular formula is C12H11NO2. The number of benzene rings is 1. The van der Waals surface area contributed by atoms with Gasteiger partial charge in [-0.1, -0.05) is 42.4 Å². The van der Waals surface area contributed by atoms with E-state index >= 15 is 0 Å². The van der Waals surface area contributed by atoms with E-state index < -0.39 is 0 Å². The minimum Gasteiger partial charge on any atom is -0.363 e. The first kappa shape index (κ1) is 9.65. The molecule has 0 unspecified atom stereocenters.